The number of carbonyl (C=O) groups is 2. The molecule has 104 valence electrons. The maximum absolute atomic E-state index is 13.7. The number of hydrogen-bond donors (Lipinski definition) is 0. The minimum atomic E-state index is -0.553. The third-order valence-electron chi connectivity index (χ3n) is 2.91. The number of esters is 1. The van der Waals surface area contributed by atoms with Gasteiger partial charge < -0.3 is 9.64 Å². The van der Waals surface area contributed by atoms with E-state index >= 15 is 0 Å². The van der Waals surface area contributed by atoms with Crippen LogP contribution in [0.15, 0.2) is 18.2 Å². The lowest BCUT2D eigenvalue weighted by Crippen LogP contribution is -2.30. The summed E-state index contributed by atoms with van der Waals surface area (Å²) in [6, 6.07) is 4.44. The molecule has 4 nitrogen and oxygen atoms in total. The Balaban J connectivity index is 3.00. The molecule has 0 spiro atoms. The molecule has 19 heavy (non-hydrogen) atoms. The zero-order chi connectivity index (χ0) is 14.6. The SMILES string of the molecule is COC(=O)[C@@H](C)CN(C)c1cccc(F)c1C(C)=O. The highest BCUT2D eigenvalue weighted by Crippen LogP contribution is 2.23. The summed E-state index contributed by atoms with van der Waals surface area (Å²) in [5, 5.41) is 0. The molecule has 0 N–H and O–H groups in total. The Morgan fingerprint density at radius 3 is 2.58 bits per heavy atom. The summed E-state index contributed by atoms with van der Waals surface area (Å²) in [6.07, 6.45) is 0. The summed E-state index contributed by atoms with van der Waals surface area (Å²) in [4.78, 5) is 24.6. The van der Waals surface area contributed by atoms with Crippen LogP contribution in [0.5, 0.6) is 0 Å². The molecule has 1 rings (SSSR count). The van der Waals surface area contributed by atoms with Crippen molar-refractivity contribution < 1.29 is 18.7 Å². The van der Waals surface area contributed by atoms with Crippen molar-refractivity contribution in [3.05, 3.63) is 29.6 Å². The highest BCUT2D eigenvalue weighted by Gasteiger charge is 2.20. The van der Waals surface area contributed by atoms with Gasteiger partial charge in [-0.15, -0.1) is 0 Å². The van der Waals surface area contributed by atoms with Gasteiger partial charge in [0.15, 0.2) is 5.78 Å². The number of anilines is 1. The van der Waals surface area contributed by atoms with E-state index in [0.717, 1.165) is 0 Å². The fourth-order valence-electron chi connectivity index (χ4n) is 1.96. The average molecular weight is 267 g/mol. The zero-order valence-electron chi connectivity index (χ0n) is 11.6. The molecule has 0 aliphatic rings. The second-order valence-corrected chi connectivity index (χ2v) is 4.49. The van der Waals surface area contributed by atoms with Crippen molar-refractivity contribution in [2.24, 2.45) is 5.92 Å². The van der Waals surface area contributed by atoms with Gasteiger partial charge in [-0.1, -0.05) is 13.0 Å². The van der Waals surface area contributed by atoms with Crippen molar-refractivity contribution in [2.45, 2.75) is 13.8 Å². The van der Waals surface area contributed by atoms with E-state index in [1.807, 2.05) is 0 Å². The maximum Gasteiger partial charge on any atom is 0.310 e. The third-order valence-corrected chi connectivity index (χ3v) is 2.91. The lowest BCUT2D eigenvalue weighted by Gasteiger charge is -2.24. The molecule has 5 heteroatoms. The Labute approximate surface area is 112 Å². The molecule has 0 fully saturated rings. The van der Waals surface area contributed by atoms with Crippen LogP contribution in [0.4, 0.5) is 10.1 Å². The smallest absolute Gasteiger partial charge is 0.310 e. The van der Waals surface area contributed by atoms with Crippen LogP contribution in [0.1, 0.15) is 24.2 Å². The number of ketones is 1. The number of nitrogens with zero attached hydrogens (tertiary/aromatic N) is 1. The van der Waals surface area contributed by atoms with E-state index in [9.17, 15) is 14.0 Å². The molecule has 0 saturated carbocycles. The molecule has 0 aliphatic carbocycles. The molecule has 0 bridgehead atoms. The Morgan fingerprint density at radius 2 is 2.05 bits per heavy atom. The van der Waals surface area contributed by atoms with Gasteiger partial charge in [0.25, 0.3) is 0 Å². The zero-order valence-corrected chi connectivity index (χ0v) is 11.6. The number of benzene rings is 1. The lowest BCUT2D eigenvalue weighted by atomic mass is 10.1. The van der Waals surface area contributed by atoms with Crippen LogP contribution in [0.3, 0.4) is 0 Å². The van der Waals surface area contributed by atoms with Gasteiger partial charge in [0.1, 0.15) is 5.82 Å². The summed E-state index contributed by atoms with van der Waals surface area (Å²) in [7, 11) is 3.03. The second-order valence-electron chi connectivity index (χ2n) is 4.49. The van der Waals surface area contributed by atoms with Crippen LogP contribution in [0.2, 0.25) is 0 Å². The third kappa shape index (κ3) is 3.53. The normalized spacial score (nSPS) is 11.8. The molecule has 1 aromatic carbocycles. The first kappa shape index (κ1) is 15.1. The summed E-state index contributed by atoms with van der Waals surface area (Å²) >= 11 is 0. The van der Waals surface area contributed by atoms with E-state index in [4.69, 9.17) is 0 Å². The van der Waals surface area contributed by atoms with Crippen molar-refractivity contribution in [1.29, 1.82) is 0 Å². The second kappa shape index (κ2) is 6.31. The summed E-state index contributed by atoms with van der Waals surface area (Å²) in [5.74, 6) is -1.60. The summed E-state index contributed by atoms with van der Waals surface area (Å²) in [6.45, 7) is 3.38. The Bertz CT molecular complexity index is 488. The van der Waals surface area contributed by atoms with Crippen molar-refractivity contribution in [2.75, 3.05) is 25.6 Å². The minimum absolute atomic E-state index is 0.0436. The van der Waals surface area contributed by atoms with Gasteiger partial charge in [-0.05, 0) is 19.1 Å². The number of ether oxygens (including phenoxy) is 1. The molecule has 0 radical (unpaired) electrons. The van der Waals surface area contributed by atoms with E-state index in [1.165, 1.54) is 26.2 Å². The average Bonchev–Trinajstić information content (AvgIpc) is 2.36. The number of rotatable bonds is 5. The maximum atomic E-state index is 13.7. The summed E-state index contributed by atoms with van der Waals surface area (Å²) < 4.78 is 18.3. The molecule has 0 unspecified atom stereocenters. The molecule has 0 aromatic heterocycles. The fraction of sp³-hybridized carbons (Fsp3) is 0.429. The quantitative estimate of drug-likeness (QED) is 0.606. The molecule has 0 amide bonds. The highest BCUT2D eigenvalue weighted by molar-refractivity contribution is 6.00. The lowest BCUT2D eigenvalue weighted by molar-refractivity contribution is -0.144. The van der Waals surface area contributed by atoms with Gasteiger partial charge in [-0.3, -0.25) is 9.59 Å². The number of carbonyl (C=O) groups excluding carboxylic acids is 2. The summed E-state index contributed by atoms with van der Waals surface area (Å²) in [5.41, 5.74) is 0.519. The standard InChI is InChI=1S/C14H18FNO3/c1-9(14(18)19-4)8-16(3)12-7-5-6-11(15)13(12)10(2)17/h5-7,9H,8H2,1-4H3/t9-/m0/s1. The number of halogens is 1. The predicted molar refractivity (Wildman–Crippen MR) is 70.9 cm³/mol. The van der Waals surface area contributed by atoms with Gasteiger partial charge in [0.2, 0.25) is 0 Å². The van der Waals surface area contributed by atoms with E-state index in [2.05, 4.69) is 4.74 Å². The van der Waals surface area contributed by atoms with Crippen LogP contribution in [0.25, 0.3) is 0 Å². The van der Waals surface area contributed by atoms with E-state index in [0.29, 0.717) is 12.2 Å². The van der Waals surface area contributed by atoms with E-state index < -0.39 is 5.82 Å². The molecular formula is C14H18FNO3. The topological polar surface area (TPSA) is 46.6 Å². The molecular weight excluding hydrogens is 249 g/mol. The van der Waals surface area contributed by atoms with Crippen molar-refractivity contribution in [3.8, 4) is 0 Å². The van der Waals surface area contributed by atoms with Crippen LogP contribution < -0.4 is 4.90 Å². The number of hydrogen-bond acceptors (Lipinski definition) is 4. The Morgan fingerprint density at radius 1 is 1.42 bits per heavy atom. The molecule has 0 heterocycles. The Kier molecular flexibility index (Phi) is 5.03. The molecule has 1 aromatic rings. The fourth-order valence-corrected chi connectivity index (χ4v) is 1.96. The van der Waals surface area contributed by atoms with Gasteiger partial charge in [0.05, 0.1) is 24.3 Å². The van der Waals surface area contributed by atoms with Crippen molar-refractivity contribution >= 4 is 17.4 Å². The number of Topliss-reactive ketones (excluding diaryl/α,β-unsaturated/α-hetero) is 1. The minimum Gasteiger partial charge on any atom is -0.469 e. The predicted octanol–water partition coefficient (Wildman–Crippen LogP) is 2.27. The van der Waals surface area contributed by atoms with Crippen LogP contribution in [0, 0.1) is 11.7 Å². The van der Waals surface area contributed by atoms with Crippen molar-refractivity contribution in [1.82, 2.24) is 0 Å². The monoisotopic (exact) mass is 267 g/mol. The number of methoxy groups -OCH3 is 1. The largest absolute Gasteiger partial charge is 0.469 e. The van der Waals surface area contributed by atoms with Gasteiger partial charge in [-0.25, -0.2) is 4.39 Å². The molecule has 0 saturated heterocycles. The first-order valence-corrected chi connectivity index (χ1v) is 5.96. The van der Waals surface area contributed by atoms with Crippen LogP contribution in [-0.2, 0) is 9.53 Å². The van der Waals surface area contributed by atoms with Gasteiger partial charge >= 0.3 is 5.97 Å². The van der Waals surface area contributed by atoms with E-state index in [1.54, 1.807) is 24.9 Å². The van der Waals surface area contributed by atoms with Crippen LogP contribution in [-0.4, -0.2) is 32.5 Å². The molecule has 1 atom stereocenters. The Hall–Kier alpha value is -1.91. The van der Waals surface area contributed by atoms with Gasteiger partial charge in [-0.2, -0.15) is 0 Å². The van der Waals surface area contributed by atoms with Crippen molar-refractivity contribution in [3.63, 3.8) is 0 Å². The van der Waals surface area contributed by atoms with Crippen LogP contribution >= 0.6 is 0 Å². The highest BCUT2D eigenvalue weighted by atomic mass is 19.1. The first-order chi connectivity index (χ1) is 8.88. The van der Waals surface area contributed by atoms with Gasteiger partial charge in [0, 0.05) is 13.6 Å². The first-order valence-electron chi connectivity index (χ1n) is 5.96. The van der Waals surface area contributed by atoms with E-state index in [-0.39, 0.29) is 23.2 Å². The molecule has 0 aliphatic heterocycles.